The third-order valence-electron chi connectivity index (χ3n) is 4.54. The van der Waals surface area contributed by atoms with Crippen molar-refractivity contribution in [2.24, 2.45) is 23.7 Å². The predicted molar refractivity (Wildman–Crippen MR) is 77.2 cm³/mol. The first-order valence-electron chi connectivity index (χ1n) is 7.89. The molecule has 3 unspecified atom stereocenters. The van der Waals surface area contributed by atoms with Crippen LogP contribution in [0.4, 0.5) is 0 Å². The Kier molecular flexibility index (Phi) is 7.18. The van der Waals surface area contributed by atoms with Crippen LogP contribution < -0.4 is 5.32 Å². The largest absolute Gasteiger partial charge is 0.316 e. The summed E-state index contributed by atoms with van der Waals surface area (Å²) < 4.78 is 0. The van der Waals surface area contributed by atoms with Gasteiger partial charge in [-0.25, -0.2) is 0 Å². The van der Waals surface area contributed by atoms with Crippen LogP contribution in [0.1, 0.15) is 66.2 Å². The zero-order valence-electron chi connectivity index (χ0n) is 12.5. The van der Waals surface area contributed by atoms with Gasteiger partial charge < -0.3 is 5.32 Å². The highest BCUT2D eigenvalue weighted by molar-refractivity contribution is 4.83. The van der Waals surface area contributed by atoms with Crippen LogP contribution >= 0.6 is 0 Å². The fourth-order valence-electron chi connectivity index (χ4n) is 3.56. The monoisotopic (exact) mass is 239 g/mol. The van der Waals surface area contributed by atoms with E-state index >= 15 is 0 Å². The van der Waals surface area contributed by atoms with Crippen molar-refractivity contribution in [2.75, 3.05) is 13.1 Å². The Bertz CT molecular complexity index is 188. The summed E-state index contributed by atoms with van der Waals surface area (Å²) >= 11 is 0. The van der Waals surface area contributed by atoms with Crippen molar-refractivity contribution in [3.63, 3.8) is 0 Å². The Morgan fingerprint density at radius 2 is 1.88 bits per heavy atom. The molecule has 3 atom stereocenters. The van der Waals surface area contributed by atoms with Gasteiger partial charge in [0, 0.05) is 0 Å². The average Bonchev–Trinajstić information content (AvgIpc) is 2.31. The van der Waals surface area contributed by atoms with E-state index in [1.54, 1.807) is 0 Å². The molecule has 0 bridgehead atoms. The lowest BCUT2D eigenvalue weighted by Gasteiger charge is -2.39. The molecule has 1 nitrogen and oxygen atoms in total. The fraction of sp³-hybridized carbons (Fsp3) is 1.00. The molecule has 0 amide bonds. The van der Waals surface area contributed by atoms with Crippen molar-refractivity contribution >= 4 is 0 Å². The molecule has 1 fully saturated rings. The fourth-order valence-corrected chi connectivity index (χ4v) is 3.56. The van der Waals surface area contributed by atoms with Gasteiger partial charge in [0.1, 0.15) is 0 Å². The second kappa shape index (κ2) is 8.13. The van der Waals surface area contributed by atoms with Crippen LogP contribution in [0, 0.1) is 23.7 Å². The molecule has 0 aromatic heterocycles. The van der Waals surface area contributed by atoms with E-state index in [1.807, 2.05) is 0 Å². The summed E-state index contributed by atoms with van der Waals surface area (Å²) in [5, 5.41) is 3.64. The number of rotatable bonds is 7. The van der Waals surface area contributed by atoms with E-state index in [4.69, 9.17) is 0 Å². The highest BCUT2D eigenvalue weighted by atomic mass is 14.9. The average molecular weight is 239 g/mol. The van der Waals surface area contributed by atoms with Crippen LogP contribution in [0.25, 0.3) is 0 Å². The number of nitrogens with one attached hydrogen (secondary N) is 1. The van der Waals surface area contributed by atoms with E-state index in [0.717, 1.165) is 23.7 Å². The van der Waals surface area contributed by atoms with Crippen LogP contribution in [0.5, 0.6) is 0 Å². The van der Waals surface area contributed by atoms with Crippen molar-refractivity contribution in [1.82, 2.24) is 5.32 Å². The highest BCUT2D eigenvalue weighted by Gasteiger charge is 2.31. The van der Waals surface area contributed by atoms with Gasteiger partial charge in [-0.15, -0.1) is 0 Å². The maximum Gasteiger partial charge on any atom is -0.00178 e. The van der Waals surface area contributed by atoms with E-state index in [0.29, 0.717) is 0 Å². The van der Waals surface area contributed by atoms with Gasteiger partial charge in [-0.1, -0.05) is 47.0 Å². The summed E-state index contributed by atoms with van der Waals surface area (Å²) in [6.07, 6.45) is 8.52. The van der Waals surface area contributed by atoms with E-state index in [-0.39, 0.29) is 0 Å². The molecular formula is C16H33N. The van der Waals surface area contributed by atoms with Crippen molar-refractivity contribution in [2.45, 2.75) is 66.2 Å². The molecule has 1 saturated carbocycles. The minimum Gasteiger partial charge on any atom is -0.316 e. The van der Waals surface area contributed by atoms with E-state index < -0.39 is 0 Å². The molecule has 0 spiro atoms. The molecule has 0 heterocycles. The second-order valence-corrected chi connectivity index (χ2v) is 6.34. The summed E-state index contributed by atoms with van der Waals surface area (Å²) in [7, 11) is 0. The van der Waals surface area contributed by atoms with Gasteiger partial charge in [0.15, 0.2) is 0 Å². The molecule has 1 aliphatic carbocycles. The molecule has 1 aliphatic rings. The molecule has 0 aliphatic heterocycles. The maximum atomic E-state index is 3.64. The maximum absolute atomic E-state index is 3.64. The van der Waals surface area contributed by atoms with E-state index in [1.165, 1.54) is 51.6 Å². The lowest BCUT2D eigenvalue weighted by atomic mass is 9.68. The minimum atomic E-state index is 0.864. The molecule has 17 heavy (non-hydrogen) atoms. The normalized spacial score (nSPS) is 29.8. The number of hydrogen-bond acceptors (Lipinski definition) is 1. The van der Waals surface area contributed by atoms with Gasteiger partial charge in [-0.05, 0) is 56.0 Å². The van der Waals surface area contributed by atoms with Gasteiger partial charge in [-0.3, -0.25) is 0 Å². The summed E-state index contributed by atoms with van der Waals surface area (Å²) in [4.78, 5) is 0. The smallest absolute Gasteiger partial charge is 0.00178 e. The third-order valence-corrected chi connectivity index (χ3v) is 4.54. The van der Waals surface area contributed by atoms with Gasteiger partial charge in [0.2, 0.25) is 0 Å². The topological polar surface area (TPSA) is 12.0 Å². The summed E-state index contributed by atoms with van der Waals surface area (Å²) in [5.41, 5.74) is 0. The van der Waals surface area contributed by atoms with E-state index in [2.05, 4.69) is 33.0 Å². The van der Waals surface area contributed by atoms with Gasteiger partial charge in [0.05, 0.1) is 0 Å². The second-order valence-electron chi connectivity index (χ2n) is 6.34. The number of hydrogen-bond donors (Lipinski definition) is 1. The molecule has 0 aromatic rings. The quantitative estimate of drug-likeness (QED) is 0.646. The van der Waals surface area contributed by atoms with Gasteiger partial charge in [0.25, 0.3) is 0 Å². The first kappa shape index (κ1) is 15.0. The summed E-state index contributed by atoms with van der Waals surface area (Å²) in [5.74, 6) is 3.79. The Morgan fingerprint density at radius 3 is 2.47 bits per heavy atom. The zero-order valence-corrected chi connectivity index (χ0v) is 12.5. The van der Waals surface area contributed by atoms with Crippen molar-refractivity contribution in [3.8, 4) is 0 Å². The third kappa shape index (κ3) is 4.99. The van der Waals surface area contributed by atoms with Gasteiger partial charge >= 0.3 is 0 Å². The van der Waals surface area contributed by atoms with Crippen molar-refractivity contribution in [3.05, 3.63) is 0 Å². The molecule has 1 heteroatoms. The van der Waals surface area contributed by atoms with Gasteiger partial charge in [-0.2, -0.15) is 0 Å². The van der Waals surface area contributed by atoms with Crippen molar-refractivity contribution < 1.29 is 0 Å². The predicted octanol–water partition coefficient (Wildman–Crippen LogP) is 4.47. The Morgan fingerprint density at radius 1 is 1.12 bits per heavy atom. The van der Waals surface area contributed by atoms with Crippen molar-refractivity contribution in [1.29, 1.82) is 0 Å². The molecule has 102 valence electrons. The SMILES string of the molecule is CCCNCC1CCC(CCC)CC1C(C)C. The molecule has 0 aromatic carbocycles. The first-order chi connectivity index (χ1) is 8.19. The van der Waals surface area contributed by atoms with Crippen LogP contribution in [0.2, 0.25) is 0 Å². The summed E-state index contributed by atoms with van der Waals surface area (Å²) in [6, 6.07) is 0. The highest BCUT2D eigenvalue weighted by Crippen LogP contribution is 2.39. The Labute approximate surface area is 109 Å². The lowest BCUT2D eigenvalue weighted by Crippen LogP contribution is -2.35. The van der Waals surface area contributed by atoms with Crippen LogP contribution in [0.3, 0.4) is 0 Å². The van der Waals surface area contributed by atoms with Crippen LogP contribution in [0.15, 0.2) is 0 Å². The molecule has 0 radical (unpaired) electrons. The van der Waals surface area contributed by atoms with E-state index in [9.17, 15) is 0 Å². The van der Waals surface area contributed by atoms with Crippen LogP contribution in [-0.4, -0.2) is 13.1 Å². The molecule has 1 rings (SSSR count). The zero-order chi connectivity index (χ0) is 12.7. The van der Waals surface area contributed by atoms with Crippen LogP contribution in [-0.2, 0) is 0 Å². The standard InChI is InChI=1S/C16H33N/c1-5-7-14-8-9-15(12-17-10-6-2)16(11-14)13(3)4/h13-17H,5-12H2,1-4H3. The molecular weight excluding hydrogens is 206 g/mol. The molecule has 1 N–H and O–H groups in total. The molecule has 0 saturated heterocycles. The lowest BCUT2D eigenvalue weighted by molar-refractivity contribution is 0.128. The Balaban J connectivity index is 2.41. The first-order valence-corrected chi connectivity index (χ1v) is 7.89. The minimum absolute atomic E-state index is 0.864. The Hall–Kier alpha value is -0.0400. The summed E-state index contributed by atoms with van der Waals surface area (Å²) in [6.45, 7) is 11.9.